The van der Waals surface area contributed by atoms with Gasteiger partial charge < -0.3 is 10.6 Å². The third-order valence-electron chi connectivity index (χ3n) is 3.15. The summed E-state index contributed by atoms with van der Waals surface area (Å²) < 4.78 is 0. The highest BCUT2D eigenvalue weighted by Crippen LogP contribution is 2.19. The van der Waals surface area contributed by atoms with Gasteiger partial charge in [-0.05, 0) is 23.3 Å². The van der Waals surface area contributed by atoms with Crippen molar-refractivity contribution < 1.29 is 0 Å². The Hall–Kier alpha value is -1.91. The number of hydrogen-bond acceptors (Lipinski definition) is 2. The molecule has 0 amide bonds. The minimum Gasteiger partial charge on any atom is -0.343 e. The number of rotatable bonds is 2. The van der Waals surface area contributed by atoms with E-state index >= 15 is 0 Å². The lowest BCUT2D eigenvalue weighted by atomic mass is 10.1. The first kappa shape index (κ1) is 12.1. The molecule has 4 heteroatoms. The van der Waals surface area contributed by atoms with E-state index < -0.39 is 0 Å². The molecule has 1 saturated heterocycles. The molecule has 0 aliphatic carbocycles. The molecule has 1 aliphatic heterocycles. The molecule has 0 aromatic heterocycles. The third-order valence-corrected chi connectivity index (χ3v) is 3.39. The molecule has 1 fully saturated rings. The van der Waals surface area contributed by atoms with Crippen LogP contribution in [0.3, 0.4) is 0 Å². The summed E-state index contributed by atoms with van der Waals surface area (Å²) in [5, 5.41) is 10.7. The summed E-state index contributed by atoms with van der Waals surface area (Å²) >= 11 is 5.30. The van der Waals surface area contributed by atoms with E-state index in [-0.39, 0.29) is 12.3 Å². The molecular weight excluding hydrogens is 254 g/mol. The van der Waals surface area contributed by atoms with Crippen LogP contribution in [0.2, 0.25) is 0 Å². The second-order valence-corrected chi connectivity index (χ2v) is 4.88. The van der Waals surface area contributed by atoms with Gasteiger partial charge in [0.2, 0.25) is 0 Å². The summed E-state index contributed by atoms with van der Waals surface area (Å²) in [7, 11) is 0. The van der Waals surface area contributed by atoms with Gasteiger partial charge in [0, 0.05) is 0 Å². The van der Waals surface area contributed by atoms with Crippen molar-refractivity contribution in [3.8, 4) is 0 Å². The van der Waals surface area contributed by atoms with Crippen LogP contribution in [0.4, 0.5) is 0 Å². The molecule has 19 heavy (non-hydrogen) atoms. The second kappa shape index (κ2) is 5.38. The average Bonchev–Trinajstić information content (AvgIpc) is 2.48. The van der Waals surface area contributed by atoms with E-state index in [1.165, 1.54) is 11.1 Å². The molecule has 3 N–H and O–H groups in total. The predicted molar refractivity (Wildman–Crippen MR) is 80.4 cm³/mol. The fourth-order valence-corrected chi connectivity index (χ4v) is 2.44. The maximum atomic E-state index is 5.30. The quantitative estimate of drug-likeness (QED) is 0.732. The van der Waals surface area contributed by atoms with Crippen molar-refractivity contribution in [2.24, 2.45) is 0 Å². The molecule has 0 bridgehead atoms. The monoisotopic (exact) mass is 269 g/mol. The van der Waals surface area contributed by atoms with E-state index in [0.717, 1.165) is 0 Å². The highest BCUT2D eigenvalue weighted by molar-refractivity contribution is 7.80. The standard InChI is InChI=1S/C15H15N3S/c19-15-17-13(11-7-3-1-4-8-11)16-14(18-15)12-9-5-2-6-10-12/h1-10,13-14,16H,(H2,17,18,19)/t13-,14+. The van der Waals surface area contributed by atoms with Crippen molar-refractivity contribution in [1.29, 1.82) is 0 Å². The molecule has 96 valence electrons. The van der Waals surface area contributed by atoms with Crippen molar-refractivity contribution in [3.63, 3.8) is 0 Å². The predicted octanol–water partition coefficient (Wildman–Crippen LogP) is 2.45. The highest BCUT2D eigenvalue weighted by Gasteiger charge is 2.24. The van der Waals surface area contributed by atoms with Gasteiger partial charge in [-0.2, -0.15) is 0 Å². The van der Waals surface area contributed by atoms with E-state index in [1.807, 2.05) is 36.4 Å². The van der Waals surface area contributed by atoms with Crippen LogP contribution in [0.1, 0.15) is 23.5 Å². The maximum absolute atomic E-state index is 5.30. The zero-order chi connectivity index (χ0) is 13.1. The Labute approximate surface area is 118 Å². The summed E-state index contributed by atoms with van der Waals surface area (Å²) in [6.45, 7) is 0. The Morgan fingerprint density at radius 1 is 0.684 bits per heavy atom. The topological polar surface area (TPSA) is 36.1 Å². The van der Waals surface area contributed by atoms with Gasteiger partial charge in [0.1, 0.15) is 12.3 Å². The minimum atomic E-state index is 0.0279. The van der Waals surface area contributed by atoms with Gasteiger partial charge in [-0.1, -0.05) is 60.7 Å². The van der Waals surface area contributed by atoms with Gasteiger partial charge in [0.15, 0.2) is 5.11 Å². The second-order valence-electron chi connectivity index (χ2n) is 4.47. The van der Waals surface area contributed by atoms with Gasteiger partial charge in [0.25, 0.3) is 0 Å². The van der Waals surface area contributed by atoms with E-state index in [0.29, 0.717) is 5.11 Å². The molecule has 1 aliphatic rings. The zero-order valence-electron chi connectivity index (χ0n) is 10.3. The summed E-state index contributed by atoms with van der Waals surface area (Å²) in [4.78, 5) is 0. The van der Waals surface area contributed by atoms with Crippen molar-refractivity contribution in [3.05, 3.63) is 71.8 Å². The summed E-state index contributed by atoms with van der Waals surface area (Å²) in [6.07, 6.45) is 0.0558. The number of benzene rings is 2. The van der Waals surface area contributed by atoms with Gasteiger partial charge in [-0.15, -0.1) is 0 Å². The van der Waals surface area contributed by atoms with Crippen molar-refractivity contribution in [2.45, 2.75) is 12.3 Å². The first-order valence-corrected chi connectivity index (χ1v) is 6.67. The Bertz CT molecular complexity index is 507. The normalized spacial score (nSPS) is 22.4. The Morgan fingerprint density at radius 3 is 1.53 bits per heavy atom. The Balaban J connectivity index is 1.84. The SMILES string of the molecule is S=C1N[C@@H](c2ccccc2)N[C@@H](c2ccccc2)N1. The van der Waals surface area contributed by atoms with Crippen LogP contribution in [0.15, 0.2) is 60.7 Å². The van der Waals surface area contributed by atoms with Gasteiger partial charge >= 0.3 is 0 Å². The fourth-order valence-electron chi connectivity index (χ4n) is 2.20. The molecule has 2 atom stereocenters. The Kier molecular flexibility index (Phi) is 3.44. The molecule has 3 rings (SSSR count). The molecule has 1 heterocycles. The van der Waals surface area contributed by atoms with Crippen LogP contribution in [0.5, 0.6) is 0 Å². The average molecular weight is 269 g/mol. The summed E-state index contributed by atoms with van der Waals surface area (Å²) in [6, 6.07) is 20.5. The lowest BCUT2D eigenvalue weighted by molar-refractivity contribution is 0.368. The van der Waals surface area contributed by atoms with Crippen molar-refractivity contribution in [2.75, 3.05) is 0 Å². The first-order valence-electron chi connectivity index (χ1n) is 6.26. The molecule has 0 unspecified atom stereocenters. The van der Waals surface area contributed by atoms with Crippen LogP contribution in [0.25, 0.3) is 0 Å². The molecule has 2 aromatic carbocycles. The molecule has 0 saturated carbocycles. The zero-order valence-corrected chi connectivity index (χ0v) is 11.2. The van der Waals surface area contributed by atoms with Crippen LogP contribution in [0, 0.1) is 0 Å². The third kappa shape index (κ3) is 2.75. The summed E-state index contributed by atoms with van der Waals surface area (Å²) in [5.74, 6) is 0. The molecule has 2 aromatic rings. The van der Waals surface area contributed by atoms with Crippen molar-refractivity contribution >= 4 is 17.3 Å². The van der Waals surface area contributed by atoms with Gasteiger partial charge in [-0.3, -0.25) is 5.32 Å². The molecule has 3 nitrogen and oxygen atoms in total. The van der Waals surface area contributed by atoms with Crippen LogP contribution in [-0.2, 0) is 0 Å². The van der Waals surface area contributed by atoms with E-state index in [9.17, 15) is 0 Å². The molecule has 0 spiro atoms. The summed E-state index contributed by atoms with van der Waals surface area (Å²) in [5.41, 5.74) is 2.35. The van der Waals surface area contributed by atoms with Gasteiger partial charge in [0.05, 0.1) is 0 Å². The molecule has 0 radical (unpaired) electrons. The number of nitrogens with one attached hydrogen (secondary N) is 3. The smallest absolute Gasteiger partial charge is 0.169 e. The first-order chi connectivity index (χ1) is 9.33. The highest BCUT2D eigenvalue weighted by atomic mass is 32.1. The van der Waals surface area contributed by atoms with Crippen molar-refractivity contribution in [1.82, 2.24) is 16.0 Å². The number of hydrogen-bond donors (Lipinski definition) is 3. The lowest BCUT2D eigenvalue weighted by Gasteiger charge is -2.35. The van der Waals surface area contributed by atoms with E-state index in [4.69, 9.17) is 12.2 Å². The van der Waals surface area contributed by atoms with Crippen LogP contribution < -0.4 is 16.0 Å². The van der Waals surface area contributed by atoms with Gasteiger partial charge in [-0.25, -0.2) is 0 Å². The van der Waals surface area contributed by atoms with Crippen LogP contribution >= 0.6 is 12.2 Å². The molecular formula is C15H15N3S. The minimum absolute atomic E-state index is 0.0279. The van der Waals surface area contributed by atoms with Crippen LogP contribution in [-0.4, -0.2) is 5.11 Å². The lowest BCUT2D eigenvalue weighted by Crippen LogP contribution is -2.55. The van der Waals surface area contributed by atoms with E-state index in [2.05, 4.69) is 40.2 Å². The Morgan fingerprint density at radius 2 is 1.11 bits per heavy atom. The van der Waals surface area contributed by atoms with E-state index in [1.54, 1.807) is 0 Å². The number of thiocarbonyl (C=S) groups is 1. The fraction of sp³-hybridized carbons (Fsp3) is 0.133. The maximum Gasteiger partial charge on any atom is 0.169 e. The largest absolute Gasteiger partial charge is 0.343 e.